The van der Waals surface area contributed by atoms with Crippen molar-refractivity contribution in [3.63, 3.8) is 0 Å². The average Bonchev–Trinajstić information content (AvgIpc) is 2.54. The van der Waals surface area contributed by atoms with E-state index in [0.717, 1.165) is 12.0 Å². The fraction of sp³-hybridized carbons (Fsp3) is 0.706. The lowest BCUT2D eigenvalue weighted by molar-refractivity contribution is 0.00578. The van der Waals surface area contributed by atoms with Crippen molar-refractivity contribution in [2.45, 2.75) is 71.9 Å². The summed E-state index contributed by atoms with van der Waals surface area (Å²) in [5.74, 6) is 0.845. The van der Waals surface area contributed by atoms with Gasteiger partial charge in [0.15, 0.2) is 0 Å². The lowest BCUT2D eigenvalue weighted by atomic mass is 9.72. The molecule has 116 valence electrons. The van der Waals surface area contributed by atoms with E-state index in [1.54, 1.807) is 0 Å². The van der Waals surface area contributed by atoms with Gasteiger partial charge in [0.2, 0.25) is 0 Å². The van der Waals surface area contributed by atoms with Crippen LogP contribution in [0.1, 0.15) is 58.7 Å². The zero-order valence-corrected chi connectivity index (χ0v) is 14.4. The van der Waals surface area contributed by atoms with Crippen LogP contribution in [0.5, 0.6) is 0 Å². The maximum atomic E-state index is 6.15. The molecule has 0 N–H and O–H groups in total. The third-order valence-electron chi connectivity index (χ3n) is 4.87. The average molecular weight is 289 g/mol. The summed E-state index contributed by atoms with van der Waals surface area (Å²) in [6.07, 6.45) is 2.74. The highest BCUT2D eigenvalue weighted by molar-refractivity contribution is 6.45. The van der Waals surface area contributed by atoms with E-state index in [4.69, 9.17) is 9.31 Å². The van der Waals surface area contributed by atoms with Crippen molar-refractivity contribution >= 4 is 7.12 Å². The van der Waals surface area contributed by atoms with Gasteiger partial charge in [0, 0.05) is 17.8 Å². The summed E-state index contributed by atoms with van der Waals surface area (Å²) in [4.78, 5) is 4.56. The third-order valence-corrected chi connectivity index (χ3v) is 4.87. The van der Waals surface area contributed by atoms with Crippen LogP contribution in [0.15, 0.2) is 18.3 Å². The summed E-state index contributed by atoms with van der Waals surface area (Å²) in [7, 11) is -0.162. The Labute approximate surface area is 129 Å². The number of hydrogen-bond donors (Lipinski definition) is 0. The lowest BCUT2D eigenvalue weighted by Crippen LogP contribution is -2.41. The summed E-state index contributed by atoms with van der Waals surface area (Å²) in [6, 6.07) is 4.21. The number of aromatic nitrogens is 1. The molecule has 0 bridgehead atoms. The molecule has 21 heavy (non-hydrogen) atoms. The van der Waals surface area contributed by atoms with Gasteiger partial charge in [-0.15, -0.1) is 0 Å². The van der Waals surface area contributed by atoms with Gasteiger partial charge in [0.05, 0.1) is 11.2 Å². The molecular formula is C17H28BNO2. The Balaban J connectivity index is 2.16. The van der Waals surface area contributed by atoms with Crippen LogP contribution < -0.4 is 0 Å². The Morgan fingerprint density at radius 1 is 1.14 bits per heavy atom. The molecule has 1 aromatic rings. The third kappa shape index (κ3) is 3.49. The summed E-state index contributed by atoms with van der Waals surface area (Å²) in [6.45, 7) is 15.0. The highest BCUT2D eigenvalue weighted by Crippen LogP contribution is 2.40. The number of pyridine rings is 1. The molecule has 2 heterocycles. The number of aryl methyl sites for hydroxylation is 1. The van der Waals surface area contributed by atoms with Crippen molar-refractivity contribution < 1.29 is 9.31 Å². The quantitative estimate of drug-likeness (QED) is 0.778. The van der Waals surface area contributed by atoms with E-state index in [0.29, 0.717) is 11.8 Å². The summed E-state index contributed by atoms with van der Waals surface area (Å²) >= 11 is 0. The van der Waals surface area contributed by atoms with Gasteiger partial charge in [-0.05, 0) is 64.6 Å². The normalized spacial score (nSPS) is 21.8. The van der Waals surface area contributed by atoms with Crippen molar-refractivity contribution in [3.8, 4) is 0 Å². The van der Waals surface area contributed by atoms with Crippen molar-refractivity contribution in [1.29, 1.82) is 0 Å². The minimum Gasteiger partial charge on any atom is -0.403 e. The van der Waals surface area contributed by atoms with E-state index >= 15 is 0 Å². The molecule has 0 aliphatic carbocycles. The van der Waals surface area contributed by atoms with Gasteiger partial charge in [-0.2, -0.15) is 0 Å². The molecule has 0 radical (unpaired) electrons. The monoisotopic (exact) mass is 289 g/mol. The minimum absolute atomic E-state index is 0.162. The molecule has 1 fully saturated rings. The van der Waals surface area contributed by atoms with Crippen LogP contribution in [-0.4, -0.2) is 23.3 Å². The van der Waals surface area contributed by atoms with Crippen LogP contribution in [0.4, 0.5) is 0 Å². The second kappa shape index (κ2) is 5.73. The SMILES string of the molecule is Cc1ccnc([C@@H](CB2OC(C)(C)C(C)(C)O2)C(C)C)c1. The zero-order chi connectivity index (χ0) is 15.8. The molecule has 1 aliphatic heterocycles. The van der Waals surface area contributed by atoms with Crippen molar-refractivity contribution in [3.05, 3.63) is 29.6 Å². The minimum atomic E-state index is -0.265. The Morgan fingerprint density at radius 2 is 1.71 bits per heavy atom. The first-order chi connectivity index (χ1) is 9.62. The van der Waals surface area contributed by atoms with Gasteiger partial charge in [0.1, 0.15) is 0 Å². The van der Waals surface area contributed by atoms with Gasteiger partial charge in [-0.25, -0.2) is 0 Å². The smallest absolute Gasteiger partial charge is 0.403 e. The first-order valence-electron chi connectivity index (χ1n) is 7.90. The summed E-state index contributed by atoms with van der Waals surface area (Å²) < 4.78 is 12.3. The van der Waals surface area contributed by atoms with Crippen LogP contribution in [-0.2, 0) is 9.31 Å². The Bertz CT molecular complexity index is 483. The number of nitrogens with zero attached hydrogens (tertiary/aromatic N) is 1. The molecule has 0 spiro atoms. The largest absolute Gasteiger partial charge is 0.458 e. The highest BCUT2D eigenvalue weighted by atomic mass is 16.7. The van der Waals surface area contributed by atoms with E-state index in [9.17, 15) is 0 Å². The van der Waals surface area contributed by atoms with Crippen LogP contribution >= 0.6 is 0 Å². The molecule has 0 aromatic carbocycles. The molecule has 0 unspecified atom stereocenters. The van der Waals surface area contributed by atoms with Gasteiger partial charge in [0.25, 0.3) is 0 Å². The molecule has 1 atom stereocenters. The topological polar surface area (TPSA) is 31.4 Å². The summed E-state index contributed by atoms with van der Waals surface area (Å²) in [5.41, 5.74) is 1.86. The van der Waals surface area contributed by atoms with Gasteiger partial charge < -0.3 is 9.31 Å². The van der Waals surface area contributed by atoms with E-state index in [1.165, 1.54) is 5.56 Å². The van der Waals surface area contributed by atoms with Gasteiger partial charge in [-0.3, -0.25) is 4.98 Å². The van der Waals surface area contributed by atoms with E-state index in [2.05, 4.69) is 59.5 Å². The predicted molar refractivity (Wildman–Crippen MR) is 87.4 cm³/mol. The van der Waals surface area contributed by atoms with Crippen LogP contribution in [0.25, 0.3) is 0 Å². The second-order valence-corrected chi connectivity index (χ2v) is 7.53. The molecule has 0 amide bonds. The zero-order valence-electron chi connectivity index (χ0n) is 14.4. The molecule has 4 heteroatoms. The Morgan fingerprint density at radius 3 is 2.19 bits per heavy atom. The highest BCUT2D eigenvalue weighted by Gasteiger charge is 2.51. The maximum absolute atomic E-state index is 6.15. The Hall–Kier alpha value is -0.865. The predicted octanol–water partition coefficient (Wildman–Crippen LogP) is 4.22. The first-order valence-corrected chi connectivity index (χ1v) is 7.90. The molecule has 1 aromatic heterocycles. The van der Waals surface area contributed by atoms with E-state index in [-0.39, 0.29) is 18.3 Å². The summed E-state index contributed by atoms with van der Waals surface area (Å²) in [5, 5.41) is 0. The number of rotatable bonds is 4. The molecule has 1 aliphatic rings. The Kier molecular flexibility index (Phi) is 4.50. The fourth-order valence-corrected chi connectivity index (χ4v) is 2.77. The van der Waals surface area contributed by atoms with Crippen molar-refractivity contribution in [1.82, 2.24) is 4.98 Å². The molecule has 1 saturated heterocycles. The first kappa shape index (κ1) is 16.5. The van der Waals surface area contributed by atoms with Crippen molar-refractivity contribution in [2.24, 2.45) is 5.92 Å². The molecule has 0 saturated carbocycles. The van der Waals surface area contributed by atoms with Crippen LogP contribution in [0.2, 0.25) is 6.32 Å². The number of hydrogen-bond acceptors (Lipinski definition) is 3. The standard InChI is InChI=1S/C17H28BNO2/c1-12(2)14(15-10-13(3)8-9-19-15)11-18-20-16(4,5)17(6,7)21-18/h8-10,12,14H,11H2,1-7H3/t14-/m0/s1. The van der Waals surface area contributed by atoms with Crippen molar-refractivity contribution in [2.75, 3.05) is 0 Å². The molecular weight excluding hydrogens is 261 g/mol. The maximum Gasteiger partial charge on any atom is 0.458 e. The van der Waals surface area contributed by atoms with Gasteiger partial charge >= 0.3 is 7.12 Å². The van der Waals surface area contributed by atoms with Crippen LogP contribution in [0.3, 0.4) is 0 Å². The molecule has 2 rings (SSSR count). The second-order valence-electron chi connectivity index (χ2n) is 7.53. The van der Waals surface area contributed by atoms with Gasteiger partial charge in [-0.1, -0.05) is 13.8 Å². The molecule has 3 nitrogen and oxygen atoms in total. The van der Waals surface area contributed by atoms with E-state index < -0.39 is 0 Å². The lowest BCUT2D eigenvalue weighted by Gasteiger charge is -2.32. The van der Waals surface area contributed by atoms with Crippen LogP contribution in [0, 0.1) is 12.8 Å². The van der Waals surface area contributed by atoms with E-state index in [1.807, 2.05) is 12.3 Å². The fourth-order valence-electron chi connectivity index (χ4n) is 2.77.